The SMILES string of the molecule is CN[C@@H](C)C(=O)N[C@H](C(=O)N1CCN(Cc2ccccc2)C[C@H]1C(=O)N[C@H](C)c1ccccc1)C(C)C. The monoisotopic (exact) mass is 507 g/mol. The minimum Gasteiger partial charge on any atom is -0.348 e. The van der Waals surface area contributed by atoms with Crippen LogP contribution in [-0.2, 0) is 20.9 Å². The number of rotatable bonds is 10. The molecule has 0 spiro atoms. The lowest BCUT2D eigenvalue weighted by Crippen LogP contribution is -2.64. The van der Waals surface area contributed by atoms with Crippen LogP contribution >= 0.6 is 0 Å². The van der Waals surface area contributed by atoms with Crippen LogP contribution in [0.2, 0.25) is 0 Å². The summed E-state index contributed by atoms with van der Waals surface area (Å²) in [4.78, 5) is 43.9. The minimum atomic E-state index is -0.717. The summed E-state index contributed by atoms with van der Waals surface area (Å²) in [5.74, 6) is -0.788. The van der Waals surface area contributed by atoms with Crippen molar-refractivity contribution >= 4 is 17.7 Å². The lowest BCUT2D eigenvalue weighted by Gasteiger charge is -2.42. The Labute approximate surface area is 220 Å². The Morgan fingerprint density at radius 2 is 1.51 bits per heavy atom. The van der Waals surface area contributed by atoms with E-state index < -0.39 is 18.1 Å². The fourth-order valence-corrected chi connectivity index (χ4v) is 4.55. The molecule has 0 radical (unpaired) electrons. The van der Waals surface area contributed by atoms with Gasteiger partial charge in [0.2, 0.25) is 17.7 Å². The van der Waals surface area contributed by atoms with E-state index in [9.17, 15) is 14.4 Å². The maximum Gasteiger partial charge on any atom is 0.246 e. The van der Waals surface area contributed by atoms with Crippen LogP contribution in [0.15, 0.2) is 60.7 Å². The summed E-state index contributed by atoms with van der Waals surface area (Å²) in [5.41, 5.74) is 2.16. The first-order valence-electron chi connectivity index (χ1n) is 13.1. The van der Waals surface area contributed by atoms with Crippen LogP contribution in [0.3, 0.4) is 0 Å². The van der Waals surface area contributed by atoms with Gasteiger partial charge in [-0.25, -0.2) is 0 Å². The molecule has 1 heterocycles. The summed E-state index contributed by atoms with van der Waals surface area (Å²) in [6.45, 7) is 9.68. The van der Waals surface area contributed by atoms with Gasteiger partial charge in [0, 0.05) is 26.2 Å². The smallest absolute Gasteiger partial charge is 0.246 e. The highest BCUT2D eigenvalue weighted by Crippen LogP contribution is 2.19. The third-order valence-corrected chi connectivity index (χ3v) is 7.01. The number of nitrogens with one attached hydrogen (secondary N) is 3. The van der Waals surface area contributed by atoms with Crippen molar-refractivity contribution in [2.75, 3.05) is 26.7 Å². The molecule has 3 rings (SSSR count). The van der Waals surface area contributed by atoms with Crippen molar-refractivity contribution in [3.8, 4) is 0 Å². The van der Waals surface area contributed by atoms with E-state index in [1.807, 2.05) is 69.3 Å². The van der Waals surface area contributed by atoms with Crippen LogP contribution in [0, 0.1) is 5.92 Å². The zero-order valence-corrected chi connectivity index (χ0v) is 22.6. The molecule has 8 heteroatoms. The standard InChI is InChI=1S/C29H41N5O3/c1-20(2)26(32-27(35)22(4)30-5)29(37)34-17-16-33(18-23-12-8-6-9-13-23)19-25(34)28(36)31-21(3)24-14-10-7-11-15-24/h6-15,20-22,25-26,30H,16-19H2,1-5H3,(H,31,36)(H,32,35)/t21-,22+,25+,26+/m1/s1. The van der Waals surface area contributed by atoms with E-state index in [4.69, 9.17) is 0 Å². The Balaban J connectivity index is 1.81. The number of amides is 3. The first-order chi connectivity index (χ1) is 17.7. The summed E-state index contributed by atoms with van der Waals surface area (Å²) >= 11 is 0. The molecule has 1 aliphatic rings. The fourth-order valence-electron chi connectivity index (χ4n) is 4.55. The van der Waals surface area contributed by atoms with Gasteiger partial charge in [0.15, 0.2) is 0 Å². The minimum absolute atomic E-state index is 0.130. The molecule has 0 aliphatic carbocycles. The average Bonchev–Trinajstić information content (AvgIpc) is 2.91. The molecule has 1 aliphatic heterocycles. The molecule has 0 saturated carbocycles. The topological polar surface area (TPSA) is 93.8 Å². The molecule has 1 fully saturated rings. The van der Waals surface area contributed by atoms with Gasteiger partial charge in [-0.1, -0.05) is 74.5 Å². The van der Waals surface area contributed by atoms with Crippen molar-refractivity contribution in [2.45, 2.75) is 58.4 Å². The maximum atomic E-state index is 13.8. The van der Waals surface area contributed by atoms with Crippen LogP contribution < -0.4 is 16.0 Å². The second-order valence-electron chi connectivity index (χ2n) is 10.1. The van der Waals surface area contributed by atoms with E-state index >= 15 is 0 Å². The van der Waals surface area contributed by atoms with Crippen LogP contribution in [0.4, 0.5) is 0 Å². The highest BCUT2D eigenvalue weighted by molar-refractivity contribution is 5.93. The lowest BCUT2D eigenvalue weighted by molar-refractivity contribution is -0.148. The quantitative estimate of drug-likeness (QED) is 0.459. The van der Waals surface area contributed by atoms with Gasteiger partial charge in [0.05, 0.1) is 12.1 Å². The van der Waals surface area contributed by atoms with Gasteiger partial charge in [-0.3, -0.25) is 19.3 Å². The Bertz CT molecular complexity index is 1030. The van der Waals surface area contributed by atoms with E-state index in [1.54, 1.807) is 18.9 Å². The van der Waals surface area contributed by atoms with E-state index in [-0.39, 0.29) is 29.7 Å². The highest BCUT2D eigenvalue weighted by atomic mass is 16.2. The van der Waals surface area contributed by atoms with E-state index in [2.05, 4.69) is 33.0 Å². The van der Waals surface area contributed by atoms with Gasteiger partial charge in [0.1, 0.15) is 12.1 Å². The normalized spacial score (nSPS) is 18.6. The molecular formula is C29H41N5O3. The summed E-state index contributed by atoms with van der Waals surface area (Å²) in [6, 6.07) is 17.9. The van der Waals surface area contributed by atoms with Gasteiger partial charge in [0.25, 0.3) is 0 Å². The predicted octanol–water partition coefficient (Wildman–Crippen LogP) is 2.33. The summed E-state index contributed by atoms with van der Waals surface area (Å²) in [7, 11) is 1.71. The van der Waals surface area contributed by atoms with Gasteiger partial charge in [-0.2, -0.15) is 0 Å². The number of hydrogen-bond acceptors (Lipinski definition) is 5. The number of nitrogens with zero attached hydrogens (tertiary/aromatic N) is 2. The van der Waals surface area contributed by atoms with Crippen LogP contribution in [0.25, 0.3) is 0 Å². The number of benzene rings is 2. The molecule has 0 aromatic heterocycles. The lowest BCUT2D eigenvalue weighted by atomic mass is 9.99. The molecule has 0 unspecified atom stereocenters. The zero-order chi connectivity index (χ0) is 26.9. The van der Waals surface area contributed by atoms with Gasteiger partial charge in [-0.15, -0.1) is 0 Å². The van der Waals surface area contributed by atoms with Crippen LogP contribution in [0.5, 0.6) is 0 Å². The van der Waals surface area contributed by atoms with Crippen molar-refractivity contribution in [3.05, 3.63) is 71.8 Å². The first-order valence-corrected chi connectivity index (χ1v) is 13.1. The number of hydrogen-bond donors (Lipinski definition) is 3. The Morgan fingerprint density at radius 1 is 0.892 bits per heavy atom. The van der Waals surface area contributed by atoms with Crippen molar-refractivity contribution in [1.29, 1.82) is 0 Å². The second kappa shape index (κ2) is 13.4. The Kier molecular flexibility index (Phi) is 10.2. The second-order valence-corrected chi connectivity index (χ2v) is 10.1. The molecule has 3 N–H and O–H groups in total. The number of carbonyl (C=O) groups excluding carboxylic acids is 3. The number of likely N-dealkylation sites (N-methyl/N-ethyl adjacent to an activating group) is 1. The van der Waals surface area contributed by atoms with Gasteiger partial charge < -0.3 is 20.9 Å². The van der Waals surface area contributed by atoms with Crippen LogP contribution in [0.1, 0.15) is 44.9 Å². The summed E-state index contributed by atoms with van der Waals surface area (Å²) in [5, 5.41) is 8.93. The predicted molar refractivity (Wildman–Crippen MR) is 146 cm³/mol. The van der Waals surface area contributed by atoms with Gasteiger partial charge in [-0.05, 0) is 37.9 Å². The Hall–Kier alpha value is -3.23. The van der Waals surface area contributed by atoms with Crippen molar-refractivity contribution in [1.82, 2.24) is 25.8 Å². The van der Waals surface area contributed by atoms with E-state index in [0.717, 1.165) is 11.1 Å². The molecule has 2 aromatic carbocycles. The van der Waals surface area contributed by atoms with Crippen LogP contribution in [-0.4, -0.2) is 72.3 Å². The van der Waals surface area contributed by atoms with Crippen molar-refractivity contribution in [3.63, 3.8) is 0 Å². The molecule has 37 heavy (non-hydrogen) atoms. The molecule has 3 amide bonds. The molecule has 1 saturated heterocycles. The molecular weight excluding hydrogens is 466 g/mol. The molecule has 2 aromatic rings. The molecule has 0 bridgehead atoms. The van der Waals surface area contributed by atoms with Crippen molar-refractivity contribution < 1.29 is 14.4 Å². The number of carbonyl (C=O) groups is 3. The molecule has 8 nitrogen and oxygen atoms in total. The van der Waals surface area contributed by atoms with Crippen molar-refractivity contribution in [2.24, 2.45) is 5.92 Å². The highest BCUT2D eigenvalue weighted by Gasteiger charge is 2.39. The average molecular weight is 508 g/mol. The number of piperazine rings is 1. The third kappa shape index (κ3) is 7.63. The largest absolute Gasteiger partial charge is 0.348 e. The Morgan fingerprint density at radius 3 is 2.11 bits per heavy atom. The summed E-state index contributed by atoms with van der Waals surface area (Å²) < 4.78 is 0. The summed E-state index contributed by atoms with van der Waals surface area (Å²) in [6.07, 6.45) is 0. The van der Waals surface area contributed by atoms with Gasteiger partial charge >= 0.3 is 0 Å². The molecule has 4 atom stereocenters. The maximum absolute atomic E-state index is 13.8. The van der Waals surface area contributed by atoms with E-state index in [0.29, 0.717) is 26.2 Å². The zero-order valence-electron chi connectivity index (χ0n) is 22.6. The molecule has 200 valence electrons. The third-order valence-electron chi connectivity index (χ3n) is 7.01. The fraction of sp³-hybridized carbons (Fsp3) is 0.483. The first kappa shape index (κ1) is 28.3. The van der Waals surface area contributed by atoms with E-state index in [1.165, 1.54) is 0 Å².